The van der Waals surface area contributed by atoms with Gasteiger partial charge in [-0.25, -0.2) is 4.98 Å². The molecule has 0 spiro atoms. The van der Waals surface area contributed by atoms with E-state index in [2.05, 4.69) is 15.0 Å². The van der Waals surface area contributed by atoms with Crippen LogP contribution in [0.5, 0.6) is 5.88 Å². The first-order chi connectivity index (χ1) is 15.8. The van der Waals surface area contributed by atoms with Gasteiger partial charge in [0.25, 0.3) is 5.91 Å². The first kappa shape index (κ1) is 19.0. The molecule has 2 aliphatic heterocycles. The zero-order valence-electron chi connectivity index (χ0n) is 17.6. The fourth-order valence-corrected chi connectivity index (χ4v) is 5.16. The minimum atomic E-state index is 0.0795. The third-order valence-corrected chi connectivity index (χ3v) is 6.61. The molecule has 160 valence electrons. The molecule has 2 atom stereocenters. The number of benzene rings is 2. The lowest BCUT2D eigenvalue weighted by molar-refractivity contribution is 0.0348. The number of carbonyl (C=O) groups excluding carboxylic acids is 1. The Labute approximate surface area is 185 Å². The smallest absolute Gasteiger partial charge is 0.254 e. The minimum Gasteiger partial charge on any atom is -0.474 e. The Hall–Kier alpha value is -3.67. The van der Waals surface area contributed by atoms with E-state index in [1.807, 2.05) is 66.7 Å². The maximum atomic E-state index is 13.6. The topological polar surface area (TPSA) is 68.5 Å². The normalized spacial score (nSPS) is 22.2. The Kier molecular flexibility index (Phi) is 4.63. The number of hydrogen-bond donors (Lipinski definition) is 0. The molecule has 2 aromatic carbocycles. The van der Waals surface area contributed by atoms with Crippen molar-refractivity contribution in [1.82, 2.24) is 15.0 Å². The lowest BCUT2D eigenvalue weighted by Crippen LogP contribution is -2.49. The van der Waals surface area contributed by atoms with Gasteiger partial charge in [-0.15, -0.1) is 0 Å². The van der Waals surface area contributed by atoms with Crippen LogP contribution in [0.25, 0.3) is 22.2 Å². The van der Waals surface area contributed by atoms with Crippen molar-refractivity contribution in [1.29, 1.82) is 0 Å². The molecule has 2 bridgehead atoms. The molecule has 0 N–H and O–H groups in total. The van der Waals surface area contributed by atoms with Crippen molar-refractivity contribution in [3.05, 3.63) is 78.5 Å². The van der Waals surface area contributed by atoms with E-state index in [1.54, 1.807) is 6.20 Å². The molecular formula is C26H23N3O3. The lowest BCUT2D eigenvalue weighted by Gasteiger charge is -2.38. The van der Waals surface area contributed by atoms with E-state index in [9.17, 15) is 4.79 Å². The number of hydrogen-bond acceptors (Lipinski definition) is 5. The zero-order valence-corrected chi connectivity index (χ0v) is 17.6. The van der Waals surface area contributed by atoms with Crippen LogP contribution < -0.4 is 4.74 Å². The van der Waals surface area contributed by atoms with Gasteiger partial charge in [0, 0.05) is 48.3 Å². The number of piperidine rings is 1. The largest absolute Gasteiger partial charge is 0.474 e. The Balaban J connectivity index is 1.25. The monoisotopic (exact) mass is 425 g/mol. The number of carbonyl (C=O) groups is 1. The van der Waals surface area contributed by atoms with E-state index >= 15 is 0 Å². The third-order valence-electron chi connectivity index (χ3n) is 6.61. The minimum absolute atomic E-state index is 0.0795. The molecule has 2 unspecified atom stereocenters. The average molecular weight is 425 g/mol. The van der Waals surface area contributed by atoms with Gasteiger partial charge in [0.2, 0.25) is 5.88 Å². The summed E-state index contributed by atoms with van der Waals surface area (Å²) >= 11 is 0. The van der Waals surface area contributed by atoms with Crippen LogP contribution in [0.2, 0.25) is 0 Å². The van der Waals surface area contributed by atoms with E-state index in [1.165, 1.54) is 0 Å². The molecule has 0 aliphatic carbocycles. The predicted molar refractivity (Wildman–Crippen MR) is 120 cm³/mol. The Morgan fingerprint density at radius 2 is 1.75 bits per heavy atom. The second kappa shape index (κ2) is 7.79. The highest BCUT2D eigenvalue weighted by atomic mass is 16.5. The van der Waals surface area contributed by atoms with Crippen molar-refractivity contribution in [3.8, 4) is 17.2 Å². The molecule has 32 heavy (non-hydrogen) atoms. The molecule has 2 aromatic heterocycles. The van der Waals surface area contributed by atoms with Gasteiger partial charge in [-0.1, -0.05) is 41.6 Å². The van der Waals surface area contributed by atoms with Crippen LogP contribution in [0.15, 0.2) is 77.4 Å². The lowest BCUT2D eigenvalue weighted by atomic mass is 9.98. The van der Waals surface area contributed by atoms with Crippen LogP contribution in [-0.2, 0) is 0 Å². The average Bonchev–Trinajstić information content (AvgIpc) is 3.38. The van der Waals surface area contributed by atoms with Gasteiger partial charge in [0.1, 0.15) is 11.6 Å². The van der Waals surface area contributed by atoms with Crippen molar-refractivity contribution in [3.63, 3.8) is 0 Å². The van der Waals surface area contributed by atoms with Crippen LogP contribution >= 0.6 is 0 Å². The Morgan fingerprint density at radius 1 is 0.969 bits per heavy atom. The molecule has 2 aliphatic rings. The standard InChI is InChI=1S/C26H23N3O3/c30-26(18-9-12-23-22(14-18)25(32-28-23)17-6-2-1-3-7-17)29-19-10-11-20(29)16-21(15-19)31-24-8-4-5-13-27-24/h1-9,12-14,19-21H,10-11,15-16H2. The van der Waals surface area contributed by atoms with Gasteiger partial charge in [0.15, 0.2) is 5.76 Å². The van der Waals surface area contributed by atoms with Gasteiger partial charge in [-0.05, 0) is 37.1 Å². The number of rotatable bonds is 4. The zero-order chi connectivity index (χ0) is 21.5. The molecule has 6 heteroatoms. The van der Waals surface area contributed by atoms with Crippen molar-refractivity contribution in [2.75, 3.05) is 0 Å². The fourth-order valence-electron chi connectivity index (χ4n) is 5.16. The second-order valence-corrected chi connectivity index (χ2v) is 8.59. The number of amides is 1. The van der Waals surface area contributed by atoms with Gasteiger partial charge in [-0.2, -0.15) is 0 Å². The maximum Gasteiger partial charge on any atom is 0.254 e. The third kappa shape index (κ3) is 3.32. The predicted octanol–water partition coefficient (Wildman–Crippen LogP) is 5.10. The SMILES string of the molecule is O=C(c1ccc2noc(-c3ccccc3)c2c1)N1C2CCC1CC(Oc1ccccn1)C2. The molecule has 6 rings (SSSR count). The van der Waals surface area contributed by atoms with Gasteiger partial charge >= 0.3 is 0 Å². The van der Waals surface area contributed by atoms with Gasteiger partial charge in [-0.3, -0.25) is 4.79 Å². The van der Waals surface area contributed by atoms with Crippen molar-refractivity contribution >= 4 is 16.8 Å². The van der Waals surface area contributed by atoms with Gasteiger partial charge in [0.05, 0.1) is 5.39 Å². The number of aromatic nitrogens is 2. The number of fused-ring (bicyclic) bond motifs is 3. The summed E-state index contributed by atoms with van der Waals surface area (Å²) in [6.07, 6.45) is 5.55. The number of nitrogens with zero attached hydrogens (tertiary/aromatic N) is 3. The van der Waals surface area contributed by atoms with E-state index in [0.717, 1.165) is 42.1 Å². The molecule has 2 fully saturated rings. The van der Waals surface area contributed by atoms with E-state index in [-0.39, 0.29) is 24.1 Å². The van der Waals surface area contributed by atoms with Crippen LogP contribution in [-0.4, -0.2) is 39.1 Å². The maximum absolute atomic E-state index is 13.6. The highest BCUT2D eigenvalue weighted by Crippen LogP contribution is 2.38. The van der Waals surface area contributed by atoms with Crippen molar-refractivity contribution in [2.45, 2.75) is 43.9 Å². The van der Waals surface area contributed by atoms with Crippen LogP contribution in [0.1, 0.15) is 36.0 Å². The van der Waals surface area contributed by atoms with E-state index in [0.29, 0.717) is 17.2 Å². The summed E-state index contributed by atoms with van der Waals surface area (Å²) in [7, 11) is 0. The summed E-state index contributed by atoms with van der Waals surface area (Å²) in [5.74, 6) is 1.43. The van der Waals surface area contributed by atoms with Crippen LogP contribution in [0.4, 0.5) is 0 Å². The Bertz CT molecular complexity index is 1240. The molecule has 4 heterocycles. The molecule has 4 aromatic rings. The molecule has 2 saturated heterocycles. The molecular weight excluding hydrogens is 402 g/mol. The van der Waals surface area contributed by atoms with E-state index < -0.39 is 0 Å². The van der Waals surface area contributed by atoms with Gasteiger partial charge < -0.3 is 14.2 Å². The summed E-state index contributed by atoms with van der Waals surface area (Å²) in [5, 5.41) is 5.04. The first-order valence-corrected chi connectivity index (χ1v) is 11.1. The van der Waals surface area contributed by atoms with Crippen molar-refractivity contribution in [2.24, 2.45) is 0 Å². The first-order valence-electron chi connectivity index (χ1n) is 11.1. The van der Waals surface area contributed by atoms with Crippen LogP contribution in [0.3, 0.4) is 0 Å². The van der Waals surface area contributed by atoms with Crippen LogP contribution in [0, 0.1) is 0 Å². The number of ether oxygens (including phenoxy) is 1. The fraction of sp³-hybridized carbons (Fsp3) is 0.269. The molecule has 0 saturated carbocycles. The molecule has 0 radical (unpaired) electrons. The highest BCUT2D eigenvalue weighted by Gasteiger charge is 2.44. The second-order valence-electron chi connectivity index (χ2n) is 8.59. The molecule has 6 nitrogen and oxygen atoms in total. The summed E-state index contributed by atoms with van der Waals surface area (Å²) in [6, 6.07) is 21.6. The van der Waals surface area contributed by atoms with E-state index in [4.69, 9.17) is 9.26 Å². The Morgan fingerprint density at radius 3 is 2.50 bits per heavy atom. The van der Waals surface area contributed by atoms with Crippen molar-refractivity contribution < 1.29 is 14.1 Å². The number of pyridine rings is 1. The summed E-state index contributed by atoms with van der Waals surface area (Å²) in [6.45, 7) is 0. The summed E-state index contributed by atoms with van der Waals surface area (Å²) in [4.78, 5) is 19.9. The summed E-state index contributed by atoms with van der Waals surface area (Å²) < 4.78 is 11.7. The highest BCUT2D eigenvalue weighted by molar-refractivity contribution is 6.01. The quantitative estimate of drug-likeness (QED) is 0.455. The summed E-state index contributed by atoms with van der Waals surface area (Å²) in [5.41, 5.74) is 2.39. The molecule has 1 amide bonds.